The Bertz CT molecular complexity index is 1390. The summed E-state index contributed by atoms with van der Waals surface area (Å²) < 4.78 is 32.5. The molecule has 1 atom stereocenters. The average molecular weight is 552 g/mol. The summed E-state index contributed by atoms with van der Waals surface area (Å²) in [6.45, 7) is 5.65. The molecule has 3 rings (SSSR count). The van der Waals surface area contributed by atoms with Crippen LogP contribution in [0, 0.1) is 13.8 Å². The van der Waals surface area contributed by atoms with E-state index in [9.17, 15) is 18.0 Å². The van der Waals surface area contributed by atoms with E-state index in [1.54, 1.807) is 18.2 Å². The number of carbonyl (C=O) groups excluding carboxylic acids is 2. The number of aryl methyl sites for hydroxylation is 2. The Labute approximate surface area is 231 Å². The number of rotatable bonds is 12. The van der Waals surface area contributed by atoms with Gasteiger partial charge < -0.3 is 15.0 Å². The first-order chi connectivity index (χ1) is 18.5. The van der Waals surface area contributed by atoms with E-state index >= 15 is 0 Å². The topological polar surface area (TPSA) is 96.0 Å². The van der Waals surface area contributed by atoms with Gasteiger partial charge in [0.15, 0.2) is 0 Å². The number of sulfonamides is 1. The standard InChI is InChI=1S/C30H37N3O5S/c1-6-31-30(35)27(19-24-12-8-7-9-13-24)32(20-25-14-10-11-22(2)17-25)29(34)21-33(39(5,36)37)26-18-23(3)15-16-28(26)38-4/h7-18,27H,6,19-21H2,1-5H3,(H,31,35). The number of benzene rings is 3. The quantitative estimate of drug-likeness (QED) is 0.369. The second-order valence-corrected chi connectivity index (χ2v) is 11.5. The molecule has 208 valence electrons. The van der Waals surface area contributed by atoms with Gasteiger partial charge in [0.1, 0.15) is 18.3 Å². The van der Waals surface area contributed by atoms with Crippen LogP contribution < -0.4 is 14.4 Å². The largest absolute Gasteiger partial charge is 0.495 e. The van der Waals surface area contributed by atoms with Gasteiger partial charge in [0.05, 0.1) is 19.1 Å². The van der Waals surface area contributed by atoms with E-state index in [4.69, 9.17) is 4.74 Å². The van der Waals surface area contributed by atoms with E-state index < -0.39 is 28.5 Å². The molecule has 9 heteroatoms. The number of methoxy groups -OCH3 is 1. The van der Waals surface area contributed by atoms with E-state index in [1.165, 1.54) is 12.0 Å². The summed E-state index contributed by atoms with van der Waals surface area (Å²) in [6.07, 6.45) is 1.33. The summed E-state index contributed by atoms with van der Waals surface area (Å²) in [5.74, 6) is -0.479. The van der Waals surface area contributed by atoms with Crippen molar-refractivity contribution < 1.29 is 22.7 Å². The van der Waals surface area contributed by atoms with Gasteiger partial charge in [-0.15, -0.1) is 0 Å². The maximum absolute atomic E-state index is 14.1. The predicted molar refractivity (Wildman–Crippen MR) is 154 cm³/mol. The highest BCUT2D eigenvalue weighted by atomic mass is 32.2. The summed E-state index contributed by atoms with van der Waals surface area (Å²) in [5.41, 5.74) is 3.81. The van der Waals surface area contributed by atoms with E-state index in [0.717, 1.165) is 32.8 Å². The number of hydrogen-bond donors (Lipinski definition) is 1. The normalized spacial score (nSPS) is 11.9. The Morgan fingerprint density at radius 1 is 0.923 bits per heavy atom. The van der Waals surface area contributed by atoms with Crippen molar-refractivity contribution in [3.05, 3.63) is 95.1 Å². The van der Waals surface area contributed by atoms with Crippen LogP contribution in [0.3, 0.4) is 0 Å². The van der Waals surface area contributed by atoms with Crippen LogP contribution in [-0.4, -0.2) is 57.6 Å². The number of amides is 2. The van der Waals surface area contributed by atoms with Crippen molar-refractivity contribution in [1.29, 1.82) is 0 Å². The van der Waals surface area contributed by atoms with Crippen LogP contribution in [0.4, 0.5) is 5.69 Å². The van der Waals surface area contributed by atoms with E-state index in [0.29, 0.717) is 12.3 Å². The number of nitrogens with zero attached hydrogens (tertiary/aromatic N) is 2. The van der Waals surface area contributed by atoms with Gasteiger partial charge in [-0.1, -0.05) is 66.2 Å². The lowest BCUT2D eigenvalue weighted by Gasteiger charge is -2.33. The molecule has 0 spiro atoms. The monoisotopic (exact) mass is 551 g/mol. The zero-order valence-corrected chi connectivity index (χ0v) is 24.0. The van der Waals surface area contributed by atoms with Crippen molar-refractivity contribution in [1.82, 2.24) is 10.2 Å². The molecule has 3 aromatic rings. The summed E-state index contributed by atoms with van der Waals surface area (Å²) >= 11 is 0. The van der Waals surface area contributed by atoms with Gasteiger partial charge in [-0.3, -0.25) is 13.9 Å². The number of carbonyl (C=O) groups is 2. The van der Waals surface area contributed by atoms with Crippen molar-refractivity contribution in [2.45, 2.75) is 39.8 Å². The number of ether oxygens (including phenoxy) is 1. The molecule has 0 saturated heterocycles. The molecular weight excluding hydrogens is 514 g/mol. The number of likely N-dealkylation sites (N-methyl/N-ethyl adjacent to an activating group) is 1. The van der Waals surface area contributed by atoms with Gasteiger partial charge in [0, 0.05) is 19.5 Å². The molecule has 0 radical (unpaired) electrons. The first-order valence-corrected chi connectivity index (χ1v) is 14.7. The fourth-order valence-corrected chi connectivity index (χ4v) is 5.29. The van der Waals surface area contributed by atoms with Crippen LogP contribution in [0.25, 0.3) is 0 Å². The van der Waals surface area contributed by atoms with Crippen LogP contribution in [-0.2, 0) is 32.6 Å². The predicted octanol–water partition coefficient (Wildman–Crippen LogP) is 3.85. The van der Waals surface area contributed by atoms with Crippen LogP contribution >= 0.6 is 0 Å². The molecule has 0 saturated carbocycles. The lowest BCUT2D eigenvalue weighted by Crippen LogP contribution is -2.53. The van der Waals surface area contributed by atoms with Crippen molar-refractivity contribution >= 4 is 27.5 Å². The molecule has 0 fully saturated rings. The highest BCUT2D eigenvalue weighted by molar-refractivity contribution is 7.92. The number of hydrogen-bond acceptors (Lipinski definition) is 5. The first kappa shape index (κ1) is 29.7. The van der Waals surface area contributed by atoms with Crippen LogP contribution in [0.1, 0.15) is 29.2 Å². The van der Waals surface area contributed by atoms with E-state index in [1.807, 2.05) is 75.4 Å². The van der Waals surface area contributed by atoms with Gasteiger partial charge in [0.2, 0.25) is 21.8 Å². The van der Waals surface area contributed by atoms with Crippen molar-refractivity contribution in [3.63, 3.8) is 0 Å². The van der Waals surface area contributed by atoms with E-state index in [2.05, 4.69) is 5.32 Å². The Morgan fingerprint density at radius 2 is 1.59 bits per heavy atom. The third-order valence-corrected chi connectivity index (χ3v) is 7.47. The van der Waals surface area contributed by atoms with Gasteiger partial charge >= 0.3 is 0 Å². The molecule has 39 heavy (non-hydrogen) atoms. The maximum atomic E-state index is 14.1. The average Bonchev–Trinajstić information content (AvgIpc) is 2.89. The number of nitrogens with one attached hydrogen (secondary N) is 1. The smallest absolute Gasteiger partial charge is 0.244 e. The summed E-state index contributed by atoms with van der Waals surface area (Å²) in [4.78, 5) is 29.0. The molecule has 0 heterocycles. The molecule has 0 aliphatic heterocycles. The van der Waals surface area contributed by atoms with Crippen molar-refractivity contribution in [2.75, 3.05) is 30.8 Å². The third kappa shape index (κ3) is 8.07. The minimum atomic E-state index is -3.89. The fourth-order valence-electron chi connectivity index (χ4n) is 4.44. The molecule has 0 aliphatic carbocycles. The molecule has 2 amide bonds. The molecule has 1 unspecified atom stereocenters. The van der Waals surface area contributed by atoms with Gasteiger partial charge in [-0.2, -0.15) is 0 Å². The minimum Gasteiger partial charge on any atom is -0.495 e. The molecule has 0 aliphatic rings. The highest BCUT2D eigenvalue weighted by Gasteiger charge is 2.33. The molecule has 0 aromatic heterocycles. The summed E-state index contributed by atoms with van der Waals surface area (Å²) in [6, 6.07) is 21.4. The molecule has 1 N–H and O–H groups in total. The Balaban J connectivity index is 2.08. The second kappa shape index (κ2) is 13.3. The van der Waals surface area contributed by atoms with Gasteiger partial charge in [0.25, 0.3) is 0 Å². The first-order valence-electron chi connectivity index (χ1n) is 12.8. The van der Waals surface area contributed by atoms with Crippen LogP contribution in [0.5, 0.6) is 5.75 Å². The fraction of sp³-hybridized carbons (Fsp3) is 0.333. The van der Waals surface area contributed by atoms with E-state index in [-0.39, 0.29) is 24.6 Å². The molecular formula is C30H37N3O5S. The zero-order chi connectivity index (χ0) is 28.6. The highest BCUT2D eigenvalue weighted by Crippen LogP contribution is 2.31. The number of anilines is 1. The zero-order valence-electron chi connectivity index (χ0n) is 23.2. The lowest BCUT2D eigenvalue weighted by atomic mass is 10.0. The van der Waals surface area contributed by atoms with Crippen LogP contribution in [0.2, 0.25) is 0 Å². The Kier molecular flexibility index (Phi) is 10.1. The van der Waals surface area contributed by atoms with Gasteiger partial charge in [-0.25, -0.2) is 8.42 Å². The van der Waals surface area contributed by atoms with Crippen LogP contribution in [0.15, 0.2) is 72.8 Å². The molecule has 8 nitrogen and oxygen atoms in total. The maximum Gasteiger partial charge on any atom is 0.244 e. The third-order valence-electron chi connectivity index (χ3n) is 6.34. The molecule has 3 aromatic carbocycles. The summed E-state index contributed by atoms with van der Waals surface area (Å²) in [5, 5.41) is 2.85. The minimum absolute atomic E-state index is 0.137. The SMILES string of the molecule is CCNC(=O)C(Cc1ccccc1)N(Cc1cccc(C)c1)C(=O)CN(c1cc(C)ccc1OC)S(C)(=O)=O. The Morgan fingerprint density at radius 3 is 2.21 bits per heavy atom. The molecule has 0 bridgehead atoms. The van der Waals surface area contributed by atoms with Crippen molar-refractivity contribution in [3.8, 4) is 5.75 Å². The van der Waals surface area contributed by atoms with Gasteiger partial charge in [-0.05, 0) is 49.6 Å². The summed E-state index contributed by atoms with van der Waals surface area (Å²) in [7, 11) is -2.44. The van der Waals surface area contributed by atoms with Crippen molar-refractivity contribution in [2.24, 2.45) is 0 Å². The Hall–Kier alpha value is -3.85. The lowest BCUT2D eigenvalue weighted by molar-refractivity contribution is -0.140. The second-order valence-electron chi connectivity index (χ2n) is 9.56.